The molecule has 0 aliphatic carbocycles. The lowest BCUT2D eigenvalue weighted by Crippen LogP contribution is -2.01. The molecule has 0 aliphatic heterocycles. The topological polar surface area (TPSA) is 40.7 Å². The molecule has 0 fully saturated rings. The second-order valence-electron chi connectivity index (χ2n) is 3.37. The van der Waals surface area contributed by atoms with Crippen molar-refractivity contribution in [3.8, 4) is 0 Å². The monoisotopic (exact) mass is 204 g/mol. The van der Waals surface area contributed by atoms with Gasteiger partial charge >= 0.3 is 0 Å². The average Bonchev–Trinajstić information content (AvgIpc) is 2.73. The van der Waals surface area contributed by atoms with E-state index in [4.69, 9.17) is 0 Å². The number of rotatable bonds is 3. The molecule has 1 aromatic carbocycles. The van der Waals surface area contributed by atoms with Crippen LogP contribution in [-0.2, 0) is 6.54 Å². The van der Waals surface area contributed by atoms with E-state index in [1.54, 1.807) is 25.4 Å². The first-order valence-electron chi connectivity index (χ1n) is 4.74. The smallest absolute Gasteiger partial charge is 0.200 e. The Labute approximate surface area is 87.4 Å². The first kappa shape index (κ1) is 9.71. The molecule has 0 bridgehead atoms. The van der Waals surface area contributed by atoms with E-state index < -0.39 is 0 Å². The Morgan fingerprint density at radius 2 is 2.33 bits per heavy atom. The average molecular weight is 204 g/mol. The zero-order chi connectivity index (χ0) is 10.7. The van der Waals surface area contributed by atoms with Gasteiger partial charge in [0.2, 0.25) is 0 Å². The fourth-order valence-corrected chi connectivity index (χ4v) is 1.36. The van der Waals surface area contributed by atoms with Gasteiger partial charge in [0, 0.05) is 18.9 Å². The minimum Gasteiger partial charge on any atom is -0.352 e. The van der Waals surface area contributed by atoms with Crippen LogP contribution >= 0.6 is 0 Å². The van der Waals surface area contributed by atoms with Gasteiger partial charge in [0.15, 0.2) is 5.95 Å². The van der Waals surface area contributed by atoms with Crippen molar-refractivity contribution in [2.24, 2.45) is 0 Å². The highest BCUT2D eigenvalue weighted by atomic mass is 18.2. The summed E-state index contributed by atoms with van der Waals surface area (Å²) in [6, 6.07) is 5.07. The molecule has 15 heavy (non-hydrogen) atoms. The molecule has 0 saturated heterocycles. The molecular weight excluding hydrogens is 192 g/mol. The van der Waals surface area contributed by atoms with E-state index in [1.807, 2.05) is 6.07 Å². The molecular formula is C11H12FN3. The number of aromatic nitrogens is 2. The van der Waals surface area contributed by atoms with Crippen LogP contribution in [-0.4, -0.2) is 9.97 Å². The standard InChI is InChI=1S/C11H12FN3/c1-8-6-9(2-3-10(8)12)7-15-11-13-4-5-14-11/h2-6H,7H2,1H3,(H2,13,14,15)/i12-1. The van der Waals surface area contributed by atoms with E-state index in [9.17, 15) is 4.39 Å². The molecule has 1 aromatic heterocycles. The van der Waals surface area contributed by atoms with Crippen LogP contribution in [0.3, 0.4) is 0 Å². The van der Waals surface area contributed by atoms with Gasteiger partial charge in [-0.3, -0.25) is 0 Å². The molecule has 3 nitrogen and oxygen atoms in total. The molecule has 0 aliphatic rings. The number of anilines is 1. The molecule has 78 valence electrons. The minimum absolute atomic E-state index is 0.170. The van der Waals surface area contributed by atoms with E-state index in [0.29, 0.717) is 12.1 Å². The predicted octanol–water partition coefficient (Wildman–Crippen LogP) is 2.47. The van der Waals surface area contributed by atoms with Crippen molar-refractivity contribution in [3.63, 3.8) is 0 Å². The first-order chi connectivity index (χ1) is 7.25. The van der Waals surface area contributed by atoms with Gasteiger partial charge in [0.25, 0.3) is 0 Å². The van der Waals surface area contributed by atoms with Crippen LogP contribution in [0.2, 0.25) is 0 Å². The molecule has 4 heteroatoms. The molecule has 0 spiro atoms. The number of nitrogens with zero attached hydrogens (tertiary/aromatic N) is 1. The van der Waals surface area contributed by atoms with E-state index in [0.717, 1.165) is 11.5 Å². The molecule has 0 unspecified atom stereocenters. The van der Waals surface area contributed by atoms with Crippen molar-refractivity contribution in [2.75, 3.05) is 5.32 Å². The molecule has 0 radical (unpaired) electrons. The van der Waals surface area contributed by atoms with Crippen LogP contribution < -0.4 is 5.32 Å². The number of aryl methyl sites for hydroxylation is 1. The van der Waals surface area contributed by atoms with Crippen LogP contribution in [0.15, 0.2) is 30.6 Å². The summed E-state index contributed by atoms with van der Waals surface area (Å²) in [5, 5.41) is 3.10. The van der Waals surface area contributed by atoms with Crippen LogP contribution in [0, 0.1) is 12.7 Å². The Kier molecular flexibility index (Phi) is 2.67. The lowest BCUT2D eigenvalue weighted by atomic mass is 10.1. The summed E-state index contributed by atoms with van der Waals surface area (Å²) in [6.07, 6.45) is 3.43. The maximum absolute atomic E-state index is 13.0. The Morgan fingerprint density at radius 1 is 1.47 bits per heavy atom. The Balaban J connectivity index is 2.02. The molecule has 0 atom stereocenters. The molecule has 0 amide bonds. The SMILES string of the molecule is Cc1cc(CNc2ncc[nH]2)ccc1[18F]. The highest BCUT2D eigenvalue weighted by Gasteiger charge is 1.99. The second kappa shape index (κ2) is 4.13. The summed E-state index contributed by atoms with van der Waals surface area (Å²) in [7, 11) is 0. The summed E-state index contributed by atoms with van der Waals surface area (Å²) in [6.45, 7) is 2.39. The van der Waals surface area contributed by atoms with Gasteiger partial charge in [0.1, 0.15) is 5.82 Å². The molecule has 0 saturated carbocycles. The van der Waals surface area contributed by atoms with Gasteiger partial charge in [-0.2, -0.15) is 0 Å². The second-order valence-corrected chi connectivity index (χ2v) is 3.37. The van der Waals surface area contributed by atoms with E-state index in [-0.39, 0.29) is 5.82 Å². The largest absolute Gasteiger partial charge is 0.352 e. The molecule has 2 rings (SSSR count). The summed E-state index contributed by atoms with van der Waals surface area (Å²) in [5.41, 5.74) is 1.69. The summed E-state index contributed by atoms with van der Waals surface area (Å²) in [5.74, 6) is 0.550. The van der Waals surface area contributed by atoms with Gasteiger partial charge in [-0.25, -0.2) is 9.37 Å². The summed E-state index contributed by atoms with van der Waals surface area (Å²) >= 11 is 0. The lowest BCUT2D eigenvalue weighted by Gasteiger charge is -2.04. The van der Waals surface area contributed by atoms with E-state index in [1.165, 1.54) is 6.07 Å². The third kappa shape index (κ3) is 2.34. The highest BCUT2D eigenvalue weighted by Crippen LogP contribution is 2.10. The van der Waals surface area contributed by atoms with Crippen molar-refractivity contribution in [2.45, 2.75) is 13.5 Å². The van der Waals surface area contributed by atoms with Crippen molar-refractivity contribution in [3.05, 3.63) is 47.5 Å². The van der Waals surface area contributed by atoms with Crippen LogP contribution in [0.25, 0.3) is 0 Å². The number of H-pyrrole nitrogens is 1. The van der Waals surface area contributed by atoms with Gasteiger partial charge in [-0.05, 0) is 24.1 Å². The lowest BCUT2D eigenvalue weighted by molar-refractivity contribution is 0.617. The molecule has 2 aromatic rings. The number of hydrogen-bond acceptors (Lipinski definition) is 2. The molecule has 1 heterocycles. The van der Waals surface area contributed by atoms with Crippen LogP contribution in [0.4, 0.5) is 10.3 Å². The number of hydrogen-bond donors (Lipinski definition) is 2. The highest BCUT2D eigenvalue weighted by molar-refractivity contribution is 5.29. The maximum Gasteiger partial charge on any atom is 0.200 e. The molecule has 2 N–H and O–H groups in total. The van der Waals surface area contributed by atoms with Crippen molar-refractivity contribution in [1.82, 2.24) is 9.97 Å². The first-order valence-corrected chi connectivity index (χ1v) is 4.74. The third-order valence-electron chi connectivity index (χ3n) is 2.18. The Hall–Kier alpha value is -1.84. The maximum atomic E-state index is 13.0. The van der Waals surface area contributed by atoms with Crippen LogP contribution in [0.5, 0.6) is 0 Å². The van der Waals surface area contributed by atoms with Gasteiger partial charge in [-0.15, -0.1) is 0 Å². The number of imidazole rings is 1. The fourth-order valence-electron chi connectivity index (χ4n) is 1.36. The zero-order valence-corrected chi connectivity index (χ0v) is 8.42. The predicted molar refractivity (Wildman–Crippen MR) is 57.1 cm³/mol. The van der Waals surface area contributed by atoms with Crippen molar-refractivity contribution >= 4 is 5.95 Å². The van der Waals surface area contributed by atoms with E-state index >= 15 is 0 Å². The zero-order valence-electron chi connectivity index (χ0n) is 8.42. The van der Waals surface area contributed by atoms with Gasteiger partial charge in [-0.1, -0.05) is 12.1 Å². The number of halogens is 1. The quantitative estimate of drug-likeness (QED) is 0.806. The summed E-state index contributed by atoms with van der Waals surface area (Å²) in [4.78, 5) is 6.97. The minimum atomic E-state index is -0.170. The summed E-state index contributed by atoms with van der Waals surface area (Å²) < 4.78 is 13.0. The van der Waals surface area contributed by atoms with Crippen molar-refractivity contribution < 1.29 is 4.39 Å². The normalized spacial score (nSPS) is 10.3. The Bertz CT molecular complexity index is 437. The van der Waals surface area contributed by atoms with Crippen LogP contribution in [0.1, 0.15) is 11.1 Å². The fraction of sp³-hybridized carbons (Fsp3) is 0.182. The van der Waals surface area contributed by atoms with Crippen molar-refractivity contribution in [1.29, 1.82) is 0 Å². The third-order valence-corrected chi connectivity index (χ3v) is 2.18. The number of nitrogens with one attached hydrogen (secondary N) is 2. The number of aromatic amines is 1. The Morgan fingerprint density at radius 3 is 3.00 bits per heavy atom. The van der Waals surface area contributed by atoms with E-state index in [2.05, 4.69) is 15.3 Å². The van der Waals surface area contributed by atoms with Gasteiger partial charge in [0.05, 0.1) is 0 Å². The van der Waals surface area contributed by atoms with Gasteiger partial charge < -0.3 is 10.3 Å². The number of benzene rings is 1.